The number of aromatic nitrogens is 3. The molecule has 0 saturated heterocycles. The van der Waals surface area contributed by atoms with Crippen LogP contribution in [0, 0.1) is 4.77 Å². The monoisotopic (exact) mass is 352 g/mol. The highest BCUT2D eigenvalue weighted by molar-refractivity contribution is 7.71. The molecule has 25 heavy (non-hydrogen) atoms. The number of benzene rings is 2. The topological polar surface area (TPSA) is 55.2 Å². The van der Waals surface area contributed by atoms with Crippen LogP contribution in [-0.2, 0) is 6.61 Å². The lowest BCUT2D eigenvalue weighted by molar-refractivity contribution is 0.306. The van der Waals surface area contributed by atoms with Gasteiger partial charge in [-0.05, 0) is 29.9 Å². The summed E-state index contributed by atoms with van der Waals surface area (Å²) in [4.78, 5) is 0. The highest BCUT2D eigenvalue weighted by Gasteiger charge is 2.09. The van der Waals surface area contributed by atoms with E-state index in [2.05, 4.69) is 15.3 Å². The maximum absolute atomic E-state index is 5.95. The van der Waals surface area contributed by atoms with Crippen molar-refractivity contribution in [2.24, 2.45) is 5.10 Å². The van der Waals surface area contributed by atoms with Gasteiger partial charge < -0.3 is 4.74 Å². The van der Waals surface area contributed by atoms with Crippen molar-refractivity contribution in [3.05, 3.63) is 76.3 Å². The summed E-state index contributed by atoms with van der Waals surface area (Å²) in [6, 6.07) is 17.9. The Labute approximate surface area is 152 Å². The third-order valence-corrected chi connectivity index (χ3v) is 3.92. The van der Waals surface area contributed by atoms with Crippen LogP contribution in [0.15, 0.2) is 59.7 Å². The summed E-state index contributed by atoms with van der Waals surface area (Å²) in [5, 5.41) is 11.5. The lowest BCUT2D eigenvalue weighted by Crippen LogP contribution is -2.02. The van der Waals surface area contributed by atoms with Crippen molar-refractivity contribution in [3.63, 3.8) is 0 Å². The first-order valence-corrected chi connectivity index (χ1v) is 8.53. The number of H-pyrrole nitrogens is 1. The van der Waals surface area contributed by atoms with E-state index in [0.717, 1.165) is 22.7 Å². The summed E-state index contributed by atoms with van der Waals surface area (Å²) in [7, 11) is 0. The Kier molecular flexibility index (Phi) is 5.40. The van der Waals surface area contributed by atoms with Crippen molar-refractivity contribution in [1.29, 1.82) is 0 Å². The molecule has 128 valence electrons. The van der Waals surface area contributed by atoms with Gasteiger partial charge in [-0.2, -0.15) is 14.9 Å². The number of nitrogens with zero attached hydrogens (tertiary/aromatic N) is 3. The van der Waals surface area contributed by atoms with E-state index in [1.54, 1.807) is 10.9 Å². The molecule has 5 nitrogen and oxygen atoms in total. The predicted molar refractivity (Wildman–Crippen MR) is 102 cm³/mol. The molecule has 0 aliphatic heterocycles. The quantitative estimate of drug-likeness (QED) is 0.524. The zero-order valence-electron chi connectivity index (χ0n) is 14.2. The van der Waals surface area contributed by atoms with Gasteiger partial charge in [-0.25, -0.2) is 0 Å². The van der Waals surface area contributed by atoms with Crippen LogP contribution < -0.4 is 4.74 Å². The van der Waals surface area contributed by atoms with E-state index in [-0.39, 0.29) is 5.92 Å². The van der Waals surface area contributed by atoms with Gasteiger partial charge in [0.1, 0.15) is 12.4 Å². The predicted octanol–water partition coefficient (Wildman–Crippen LogP) is 4.53. The van der Waals surface area contributed by atoms with Crippen LogP contribution in [-0.4, -0.2) is 21.1 Å². The van der Waals surface area contributed by atoms with E-state index < -0.39 is 0 Å². The summed E-state index contributed by atoms with van der Waals surface area (Å²) in [6.07, 6.45) is 1.75. The highest BCUT2D eigenvalue weighted by atomic mass is 32.1. The van der Waals surface area contributed by atoms with E-state index >= 15 is 0 Å². The minimum Gasteiger partial charge on any atom is -0.488 e. The van der Waals surface area contributed by atoms with Crippen molar-refractivity contribution >= 4 is 18.4 Å². The second kappa shape index (κ2) is 7.90. The van der Waals surface area contributed by atoms with Gasteiger partial charge >= 0.3 is 0 Å². The van der Waals surface area contributed by atoms with Crippen LogP contribution in [0.5, 0.6) is 5.75 Å². The highest BCUT2D eigenvalue weighted by Crippen LogP contribution is 2.18. The van der Waals surface area contributed by atoms with Crippen molar-refractivity contribution in [2.75, 3.05) is 0 Å². The van der Waals surface area contributed by atoms with Crippen molar-refractivity contribution in [1.82, 2.24) is 14.9 Å². The largest absolute Gasteiger partial charge is 0.488 e. The third kappa shape index (κ3) is 4.22. The van der Waals surface area contributed by atoms with Crippen LogP contribution in [0.4, 0.5) is 0 Å². The first kappa shape index (κ1) is 17.1. The van der Waals surface area contributed by atoms with Crippen LogP contribution >= 0.6 is 12.2 Å². The summed E-state index contributed by atoms with van der Waals surface area (Å²) in [5.74, 6) is 1.79. The van der Waals surface area contributed by atoms with E-state index in [1.165, 1.54) is 0 Å². The third-order valence-electron chi connectivity index (χ3n) is 3.66. The number of ether oxygens (including phenoxy) is 1. The molecule has 0 unspecified atom stereocenters. The molecule has 0 radical (unpaired) electrons. The molecule has 3 rings (SSSR count). The molecule has 0 saturated carbocycles. The molecule has 2 aromatic carbocycles. The molecule has 0 aliphatic carbocycles. The minimum atomic E-state index is 0.217. The molecule has 1 heterocycles. The minimum absolute atomic E-state index is 0.217. The number of nitrogens with one attached hydrogen (secondary N) is 1. The van der Waals surface area contributed by atoms with E-state index in [0.29, 0.717) is 11.4 Å². The van der Waals surface area contributed by atoms with Gasteiger partial charge in [0.25, 0.3) is 0 Å². The van der Waals surface area contributed by atoms with Gasteiger partial charge in [0.05, 0.1) is 6.21 Å². The fourth-order valence-corrected chi connectivity index (χ4v) is 2.55. The molecular formula is C19H20N4OS. The first-order valence-electron chi connectivity index (χ1n) is 8.12. The molecule has 0 aliphatic rings. The van der Waals surface area contributed by atoms with Crippen molar-refractivity contribution < 1.29 is 4.74 Å². The molecule has 3 aromatic rings. The van der Waals surface area contributed by atoms with Gasteiger partial charge in [-0.1, -0.05) is 56.3 Å². The molecule has 0 atom stereocenters. The SMILES string of the molecule is CC(C)c1n[nH]c(=S)n1/N=C/c1ccccc1OCc1ccccc1. The Hall–Kier alpha value is -2.73. The van der Waals surface area contributed by atoms with E-state index in [1.807, 2.05) is 68.4 Å². The van der Waals surface area contributed by atoms with Crippen molar-refractivity contribution in [2.45, 2.75) is 26.4 Å². The second-order valence-electron chi connectivity index (χ2n) is 5.91. The fourth-order valence-electron chi connectivity index (χ4n) is 2.36. The molecular weight excluding hydrogens is 332 g/mol. The van der Waals surface area contributed by atoms with Crippen molar-refractivity contribution in [3.8, 4) is 5.75 Å². The normalized spacial score (nSPS) is 11.3. The van der Waals surface area contributed by atoms with E-state index in [4.69, 9.17) is 17.0 Å². The zero-order chi connectivity index (χ0) is 17.6. The van der Waals surface area contributed by atoms with E-state index in [9.17, 15) is 0 Å². The molecule has 0 bridgehead atoms. The second-order valence-corrected chi connectivity index (χ2v) is 6.30. The summed E-state index contributed by atoms with van der Waals surface area (Å²) < 4.78 is 8.07. The average Bonchev–Trinajstić information content (AvgIpc) is 3.00. The Morgan fingerprint density at radius 2 is 1.88 bits per heavy atom. The zero-order valence-corrected chi connectivity index (χ0v) is 15.0. The number of rotatable bonds is 6. The molecule has 0 amide bonds. The lowest BCUT2D eigenvalue weighted by atomic mass is 10.2. The first-order chi connectivity index (χ1) is 12.1. The number of hydrogen-bond acceptors (Lipinski definition) is 4. The van der Waals surface area contributed by atoms with Gasteiger partial charge in [0.15, 0.2) is 5.82 Å². The van der Waals surface area contributed by atoms with Gasteiger partial charge in [0, 0.05) is 11.5 Å². The van der Waals surface area contributed by atoms with Crippen LogP contribution in [0.2, 0.25) is 0 Å². The number of para-hydroxylation sites is 1. The standard InChI is InChI=1S/C19H20N4OS/c1-14(2)18-21-22-19(25)23(18)20-12-16-10-6-7-11-17(16)24-13-15-8-4-3-5-9-15/h3-12,14H,13H2,1-2H3,(H,22,25)/b20-12+. The fraction of sp³-hybridized carbons (Fsp3) is 0.211. The lowest BCUT2D eigenvalue weighted by Gasteiger charge is -2.09. The Morgan fingerprint density at radius 1 is 1.16 bits per heavy atom. The number of hydrogen-bond donors (Lipinski definition) is 1. The average molecular weight is 352 g/mol. The summed E-state index contributed by atoms with van der Waals surface area (Å²) in [6.45, 7) is 4.61. The van der Waals surface area contributed by atoms with Crippen LogP contribution in [0.1, 0.15) is 36.7 Å². The van der Waals surface area contributed by atoms with Gasteiger partial charge in [0.2, 0.25) is 4.77 Å². The Balaban J connectivity index is 1.82. The molecule has 0 spiro atoms. The Morgan fingerprint density at radius 3 is 2.64 bits per heavy atom. The smallest absolute Gasteiger partial charge is 0.216 e. The van der Waals surface area contributed by atoms with Gasteiger partial charge in [-0.15, -0.1) is 0 Å². The molecule has 0 fully saturated rings. The molecule has 1 N–H and O–H groups in total. The summed E-state index contributed by atoms with van der Waals surface area (Å²) in [5.41, 5.74) is 2.00. The molecule has 1 aromatic heterocycles. The van der Waals surface area contributed by atoms with Crippen LogP contribution in [0.25, 0.3) is 0 Å². The maximum atomic E-state index is 5.95. The van der Waals surface area contributed by atoms with Crippen LogP contribution in [0.3, 0.4) is 0 Å². The van der Waals surface area contributed by atoms with Gasteiger partial charge in [-0.3, -0.25) is 5.10 Å². The molecule has 6 heteroatoms. The Bertz CT molecular complexity index is 912. The number of aromatic amines is 1. The summed E-state index contributed by atoms with van der Waals surface area (Å²) >= 11 is 5.26. The maximum Gasteiger partial charge on any atom is 0.216 e.